The number of hydrogen-bond donors (Lipinski definition) is 16. The summed E-state index contributed by atoms with van der Waals surface area (Å²) in [6.07, 6.45) is -17.8. The largest absolute Gasteiger partial charge is 0.480 e. The summed E-state index contributed by atoms with van der Waals surface area (Å²) in [4.78, 5) is 205. The smallest absolute Gasteiger partial charge is 0.323 e. The second kappa shape index (κ2) is 51.0. The van der Waals surface area contributed by atoms with Crippen LogP contribution in [0.15, 0.2) is 0 Å². The third-order valence-electron chi connectivity index (χ3n) is 16.4. The first kappa shape index (κ1) is 95.5. The highest BCUT2D eigenvalue weighted by Gasteiger charge is 2.54. The van der Waals surface area contributed by atoms with Crippen LogP contribution in [-0.2, 0) is 110 Å². The van der Waals surface area contributed by atoms with E-state index in [4.69, 9.17) is 38.6 Å². The molecule has 16 N–H and O–H groups in total. The van der Waals surface area contributed by atoms with Crippen molar-refractivity contribution in [3.63, 3.8) is 0 Å². The highest BCUT2D eigenvalue weighted by atomic mass is 16.8. The number of carboxylic acids is 3. The molecule has 0 bridgehead atoms. The van der Waals surface area contributed by atoms with Crippen LogP contribution in [0.1, 0.15) is 137 Å². The Kier molecular flexibility index (Phi) is 45.1. The lowest BCUT2D eigenvalue weighted by Gasteiger charge is -2.49. The molecule has 0 saturated carbocycles. The summed E-state index contributed by atoms with van der Waals surface area (Å²) in [6, 6.07) is -1.37. The average molecular weight is 1550 g/mol. The molecule has 0 aromatic rings. The molecule has 612 valence electrons. The minimum atomic E-state index is -1.66. The van der Waals surface area contributed by atoms with Crippen molar-refractivity contribution in [1.82, 2.24) is 46.6 Å². The number of ether oxygens (including phenoxy) is 6. The van der Waals surface area contributed by atoms with Gasteiger partial charge in [0, 0.05) is 104 Å². The van der Waals surface area contributed by atoms with Crippen LogP contribution in [0.4, 0.5) is 0 Å². The summed E-state index contributed by atoms with van der Waals surface area (Å²) in [5.74, 6) is -13.2. The van der Waals surface area contributed by atoms with Gasteiger partial charge in [-0.3, -0.25) is 76.7 Å². The van der Waals surface area contributed by atoms with Gasteiger partial charge >= 0.3 is 17.9 Å². The maximum atomic E-state index is 12.7. The van der Waals surface area contributed by atoms with E-state index in [9.17, 15) is 122 Å². The zero-order valence-electron chi connectivity index (χ0n) is 61.0. The van der Waals surface area contributed by atoms with Crippen molar-refractivity contribution in [3.05, 3.63) is 0 Å². The van der Waals surface area contributed by atoms with Gasteiger partial charge in [0.2, 0.25) is 53.2 Å². The molecule has 0 aromatic carbocycles. The molecule has 0 aliphatic carbocycles. The van der Waals surface area contributed by atoms with Crippen molar-refractivity contribution in [2.75, 3.05) is 91.8 Å². The number of carbonyl (C=O) groups excluding carboxylic acids is 14. The van der Waals surface area contributed by atoms with E-state index >= 15 is 0 Å². The first-order valence-electron chi connectivity index (χ1n) is 35.1. The van der Waals surface area contributed by atoms with E-state index in [2.05, 4.69) is 31.9 Å². The number of rotatable bonds is 50. The van der Waals surface area contributed by atoms with Crippen LogP contribution in [0.2, 0.25) is 0 Å². The normalized spacial score (nSPS) is 22.9. The molecule has 5 unspecified atom stereocenters. The van der Waals surface area contributed by atoms with Gasteiger partial charge < -0.3 is 131 Å². The lowest BCUT2D eigenvalue weighted by Crippen LogP contribution is -2.68. The number of unbranched alkanes of at least 4 members (excludes halogenated alkanes) is 2. The van der Waals surface area contributed by atoms with E-state index in [0.717, 1.165) is 0 Å². The molecule has 9 amide bonds. The molecule has 3 fully saturated rings. The number of carbonyl (C=O) groups is 17. The lowest BCUT2D eigenvalue weighted by atomic mass is 9.95. The molecule has 42 heteroatoms. The molecule has 0 spiro atoms. The third-order valence-corrected chi connectivity index (χ3v) is 16.4. The van der Waals surface area contributed by atoms with E-state index in [0.29, 0.717) is 66.3 Å². The number of nitrogens with one attached hydrogen (secondary N) is 6. The number of aliphatic hydroxyl groups excluding tert-OH is 7. The Morgan fingerprint density at radius 3 is 1.27 bits per heavy atom. The Balaban J connectivity index is 0.000000740. The molecule has 3 rings (SSSR count). The molecule has 108 heavy (non-hydrogen) atoms. The van der Waals surface area contributed by atoms with Crippen LogP contribution in [0.3, 0.4) is 0 Å². The van der Waals surface area contributed by atoms with Gasteiger partial charge in [0.1, 0.15) is 106 Å². The van der Waals surface area contributed by atoms with Crippen molar-refractivity contribution in [3.8, 4) is 0 Å². The fraction of sp³-hybridized carbons (Fsp3) is 0.742. The topological polar surface area (TPSA) is 630 Å². The molecule has 3 saturated heterocycles. The standard InChI is InChI=1S/C34H49N7O17.C32H56N2O16/c1-3-35-25(46)8-5-22(43)12-36-27(48)16-40(19-33(55)56)30(51)10-7-24(45)14-38-28(49)17-41(20-34(57)58)31(52)11-6-23(44)13-37-26(47)15-39(18-32(53)54)29(50)9-4-21(2)42;1-4-33-22(40)11-6-5-9-18(38)10-7-8-12-45-32-30(49-23-13-19(39)25(41)16(2)46-23)29(27(43)21(15-36)48-32)50-31-24(34-17(3)37)28(44)26(42)20(14-35)47-31/h3-20H2,1-2H3,(H,35,46)(H,36,48)(H,37,47)(H,38,49)(H,53,54)(H,55,56)(H,57,58);16,19-21,23-32,35-36,39,41-44H,4-15H2,1-3H3,(H,33,40)(H,34,37)/t;16?,19-,20?,21?,23+,24?,25-,26+,27+,28-,29+,30?,31-,32-/m.1/s1. The summed E-state index contributed by atoms with van der Waals surface area (Å²) in [6.45, 7) is 0.0593. The fourth-order valence-corrected chi connectivity index (χ4v) is 10.7. The second-order valence-corrected chi connectivity index (χ2v) is 25.5. The van der Waals surface area contributed by atoms with Gasteiger partial charge in [-0.1, -0.05) is 0 Å². The fourth-order valence-electron chi connectivity index (χ4n) is 10.7. The van der Waals surface area contributed by atoms with E-state index in [1.54, 1.807) is 6.92 Å². The number of amides is 9. The number of nitrogens with zero attached hydrogens (tertiary/aromatic N) is 3. The van der Waals surface area contributed by atoms with E-state index < -0.39 is 260 Å². The van der Waals surface area contributed by atoms with Crippen molar-refractivity contribution in [2.45, 2.75) is 223 Å². The number of aliphatic hydroxyl groups is 7. The summed E-state index contributed by atoms with van der Waals surface area (Å²) < 4.78 is 35.6. The Labute approximate surface area is 620 Å². The van der Waals surface area contributed by atoms with Crippen LogP contribution < -0.4 is 31.9 Å². The summed E-state index contributed by atoms with van der Waals surface area (Å²) in [5.41, 5.74) is 0. The first-order chi connectivity index (χ1) is 50.9. The van der Waals surface area contributed by atoms with Crippen LogP contribution in [0, 0.1) is 0 Å². The van der Waals surface area contributed by atoms with Crippen LogP contribution in [0.5, 0.6) is 0 Å². The van der Waals surface area contributed by atoms with Crippen LogP contribution in [-0.4, -0.2) is 344 Å². The molecule has 0 aromatic heterocycles. The molecule has 3 heterocycles. The predicted molar refractivity (Wildman–Crippen MR) is 363 cm³/mol. The van der Waals surface area contributed by atoms with Crippen molar-refractivity contribution >= 4 is 100.0 Å². The molecule has 14 atom stereocenters. The lowest BCUT2D eigenvalue weighted by molar-refractivity contribution is -0.375. The van der Waals surface area contributed by atoms with E-state index in [1.165, 1.54) is 20.8 Å². The second-order valence-electron chi connectivity index (χ2n) is 25.5. The monoisotopic (exact) mass is 1550 g/mol. The predicted octanol–water partition coefficient (Wildman–Crippen LogP) is -7.28. The molecule has 3 aliphatic heterocycles. The average Bonchev–Trinajstić information content (AvgIpc) is 0.775. The van der Waals surface area contributed by atoms with Crippen molar-refractivity contribution in [2.24, 2.45) is 0 Å². The minimum absolute atomic E-state index is 0.0456. The molecule has 0 radical (unpaired) electrons. The highest BCUT2D eigenvalue weighted by Crippen LogP contribution is 2.34. The minimum Gasteiger partial charge on any atom is -0.480 e. The molecule has 42 nitrogen and oxygen atoms in total. The van der Waals surface area contributed by atoms with E-state index in [1.807, 2.05) is 6.92 Å². The summed E-state index contributed by atoms with van der Waals surface area (Å²) >= 11 is 0. The van der Waals surface area contributed by atoms with Crippen molar-refractivity contribution < 1.29 is 161 Å². The maximum Gasteiger partial charge on any atom is 0.323 e. The first-order valence-corrected chi connectivity index (χ1v) is 35.1. The van der Waals surface area contributed by atoms with Crippen molar-refractivity contribution in [1.29, 1.82) is 0 Å². The highest BCUT2D eigenvalue weighted by molar-refractivity contribution is 5.96. The van der Waals surface area contributed by atoms with Gasteiger partial charge in [0.25, 0.3) is 0 Å². The Morgan fingerprint density at radius 1 is 0.426 bits per heavy atom. The van der Waals surface area contributed by atoms with Gasteiger partial charge in [0.15, 0.2) is 36.2 Å². The zero-order chi connectivity index (χ0) is 81.3. The van der Waals surface area contributed by atoms with Crippen LogP contribution >= 0.6 is 0 Å². The number of carboxylic acid groups (broad SMARTS) is 3. The Hall–Kier alpha value is -8.53. The molecule has 3 aliphatic rings. The maximum absolute atomic E-state index is 12.7. The SMILES string of the molecule is CCNC(=O)CCC(=O)CNC(=O)CN(CC(=O)O)C(=O)CCC(=O)CNC(=O)CN(CC(=O)O)C(=O)CCC(=O)CNC(=O)CN(CC(=O)O)C(=O)CCC(C)=O.CCNC(=O)CCCCC(=O)CCCCO[C@@H]1OC(CO)[C@H](O)[C@H](O[C@H]2OC(CO)[C@H](O)[C@H](O)C2NC(C)=O)C1O[C@H]1C[C@@H](O)[C@H](O)C(C)O1. The number of Topliss-reactive ketones (excluding diaryl/α,β-unsaturated/α-hetero) is 5. The Morgan fingerprint density at radius 2 is 0.843 bits per heavy atom. The van der Waals surface area contributed by atoms with Gasteiger partial charge in [-0.25, -0.2) is 0 Å². The quantitative estimate of drug-likeness (QED) is 0.0252. The van der Waals surface area contributed by atoms with Gasteiger partial charge in [-0.05, 0) is 53.4 Å². The van der Waals surface area contributed by atoms with Gasteiger partial charge in [-0.2, -0.15) is 0 Å². The number of ketones is 5. The molecular formula is C66H105N9O33. The number of aliphatic carboxylic acids is 3. The third kappa shape index (κ3) is 37.5. The van der Waals surface area contributed by atoms with Gasteiger partial charge in [0.05, 0.1) is 45.1 Å². The summed E-state index contributed by atoms with van der Waals surface area (Å²) in [5, 5.41) is 115. The Bertz CT molecular complexity index is 3020. The summed E-state index contributed by atoms with van der Waals surface area (Å²) in [7, 11) is 0. The van der Waals surface area contributed by atoms with Gasteiger partial charge in [-0.15, -0.1) is 0 Å². The number of hydrogen-bond acceptors (Lipinski definition) is 30. The van der Waals surface area contributed by atoms with Crippen LogP contribution in [0.25, 0.3) is 0 Å². The van der Waals surface area contributed by atoms with E-state index in [-0.39, 0.29) is 68.5 Å². The zero-order valence-corrected chi connectivity index (χ0v) is 61.0. The molecular weight excluding hydrogens is 1450 g/mol.